The van der Waals surface area contributed by atoms with Gasteiger partial charge in [-0.15, -0.1) is 0 Å². The Morgan fingerprint density at radius 2 is 2.06 bits per heavy atom. The fourth-order valence-electron chi connectivity index (χ4n) is 2.10. The fraction of sp³-hybridized carbons (Fsp3) is 0.462. The van der Waals surface area contributed by atoms with Gasteiger partial charge in [0.25, 0.3) is 5.91 Å². The number of halogens is 1. The minimum atomic E-state index is -0.475. The Bertz CT molecular complexity index is 424. The van der Waals surface area contributed by atoms with E-state index >= 15 is 0 Å². The van der Waals surface area contributed by atoms with E-state index in [0.29, 0.717) is 11.4 Å². The van der Waals surface area contributed by atoms with Crippen LogP contribution >= 0.6 is 15.9 Å². The van der Waals surface area contributed by atoms with Gasteiger partial charge in [-0.2, -0.15) is 0 Å². The number of nitrogen functional groups attached to an aromatic ring is 1. The van der Waals surface area contributed by atoms with E-state index in [1.54, 1.807) is 19.1 Å². The van der Waals surface area contributed by atoms with Crippen LogP contribution in [0.15, 0.2) is 22.7 Å². The van der Waals surface area contributed by atoms with Gasteiger partial charge in [0.2, 0.25) is 0 Å². The second-order valence-electron chi connectivity index (χ2n) is 4.51. The lowest BCUT2D eigenvalue weighted by Gasteiger charge is -2.21. The zero-order valence-corrected chi connectivity index (χ0v) is 11.9. The van der Waals surface area contributed by atoms with Gasteiger partial charge in [0, 0.05) is 29.3 Å². The molecule has 18 heavy (non-hydrogen) atoms. The molecule has 1 aromatic carbocycles. The van der Waals surface area contributed by atoms with Crippen LogP contribution in [0.4, 0.5) is 5.69 Å². The summed E-state index contributed by atoms with van der Waals surface area (Å²) in [4.78, 5) is 13.9. The predicted molar refractivity (Wildman–Crippen MR) is 74.5 cm³/mol. The molecular formula is C13H17BrN2O2. The molecular weight excluding hydrogens is 296 g/mol. The smallest absolute Gasteiger partial charge is 0.263 e. The summed E-state index contributed by atoms with van der Waals surface area (Å²) in [5.74, 6) is 0.660. The van der Waals surface area contributed by atoms with Crippen LogP contribution in [0.2, 0.25) is 0 Å². The first-order valence-electron chi connectivity index (χ1n) is 6.08. The fourth-order valence-corrected chi connectivity index (χ4v) is 2.59. The molecule has 2 rings (SSSR count). The average Bonchev–Trinajstić information content (AvgIpc) is 2.79. The molecule has 1 aromatic rings. The molecule has 0 aliphatic carbocycles. The highest BCUT2D eigenvalue weighted by atomic mass is 79.9. The highest BCUT2D eigenvalue weighted by Crippen LogP contribution is 2.24. The van der Waals surface area contributed by atoms with Crippen molar-refractivity contribution < 1.29 is 9.53 Å². The third kappa shape index (κ3) is 3.16. The summed E-state index contributed by atoms with van der Waals surface area (Å²) in [5, 5.41) is 0. The Balaban J connectivity index is 2.01. The first kappa shape index (κ1) is 13.2. The van der Waals surface area contributed by atoms with Crippen LogP contribution in [0.1, 0.15) is 19.8 Å². The number of nitrogens with zero attached hydrogens (tertiary/aromatic N) is 1. The number of ether oxygens (including phenoxy) is 1. The number of hydrogen-bond donors (Lipinski definition) is 1. The maximum absolute atomic E-state index is 12.1. The van der Waals surface area contributed by atoms with Crippen LogP contribution in [0, 0.1) is 0 Å². The molecule has 0 spiro atoms. The molecule has 0 aromatic heterocycles. The Hall–Kier alpha value is -1.23. The molecule has 0 radical (unpaired) electrons. The lowest BCUT2D eigenvalue weighted by atomic mass is 10.3. The number of amides is 1. The number of hydrogen-bond acceptors (Lipinski definition) is 3. The number of anilines is 1. The van der Waals surface area contributed by atoms with Gasteiger partial charge in [-0.25, -0.2) is 0 Å². The average molecular weight is 313 g/mol. The van der Waals surface area contributed by atoms with Crippen molar-refractivity contribution >= 4 is 27.5 Å². The number of rotatable bonds is 3. The monoisotopic (exact) mass is 312 g/mol. The lowest BCUT2D eigenvalue weighted by molar-refractivity contribution is -0.136. The molecule has 1 unspecified atom stereocenters. The van der Waals surface area contributed by atoms with Crippen molar-refractivity contribution in [2.75, 3.05) is 18.8 Å². The van der Waals surface area contributed by atoms with E-state index in [2.05, 4.69) is 15.9 Å². The number of likely N-dealkylation sites (tertiary alicyclic amines) is 1. The Morgan fingerprint density at radius 3 is 2.67 bits per heavy atom. The maximum Gasteiger partial charge on any atom is 0.263 e. The van der Waals surface area contributed by atoms with Gasteiger partial charge >= 0.3 is 0 Å². The van der Waals surface area contributed by atoms with E-state index in [1.807, 2.05) is 11.0 Å². The van der Waals surface area contributed by atoms with E-state index in [1.165, 1.54) is 0 Å². The Morgan fingerprint density at radius 1 is 1.39 bits per heavy atom. The molecule has 1 heterocycles. The quantitative estimate of drug-likeness (QED) is 0.872. The van der Waals surface area contributed by atoms with Crippen LogP contribution in [0.3, 0.4) is 0 Å². The van der Waals surface area contributed by atoms with Crippen molar-refractivity contribution in [3.63, 3.8) is 0 Å². The van der Waals surface area contributed by atoms with E-state index in [4.69, 9.17) is 10.5 Å². The molecule has 2 N–H and O–H groups in total. The molecule has 1 aliphatic heterocycles. The van der Waals surface area contributed by atoms with Crippen LogP contribution in [0.5, 0.6) is 5.75 Å². The SMILES string of the molecule is CC(Oc1cc(N)cc(Br)c1)C(=O)N1CCCC1. The third-order valence-corrected chi connectivity index (χ3v) is 3.43. The van der Waals surface area contributed by atoms with Gasteiger partial charge in [-0.1, -0.05) is 15.9 Å². The second-order valence-corrected chi connectivity index (χ2v) is 5.43. The summed E-state index contributed by atoms with van der Waals surface area (Å²) in [5.41, 5.74) is 6.34. The number of benzene rings is 1. The summed E-state index contributed by atoms with van der Waals surface area (Å²) in [6.07, 6.45) is 1.70. The van der Waals surface area contributed by atoms with Gasteiger partial charge in [-0.3, -0.25) is 4.79 Å². The second kappa shape index (κ2) is 5.61. The minimum Gasteiger partial charge on any atom is -0.481 e. The minimum absolute atomic E-state index is 0.0473. The molecule has 1 aliphatic rings. The van der Waals surface area contributed by atoms with Crippen molar-refractivity contribution in [2.45, 2.75) is 25.9 Å². The topological polar surface area (TPSA) is 55.6 Å². The van der Waals surface area contributed by atoms with Crippen molar-refractivity contribution in [3.8, 4) is 5.75 Å². The van der Waals surface area contributed by atoms with E-state index in [9.17, 15) is 4.79 Å². The molecule has 98 valence electrons. The molecule has 0 bridgehead atoms. The third-order valence-electron chi connectivity index (χ3n) is 2.97. The van der Waals surface area contributed by atoms with E-state index in [-0.39, 0.29) is 5.91 Å². The molecule has 1 saturated heterocycles. The van der Waals surface area contributed by atoms with Gasteiger partial charge < -0.3 is 15.4 Å². The molecule has 1 atom stereocenters. The summed E-state index contributed by atoms with van der Waals surface area (Å²) in [7, 11) is 0. The first-order chi connectivity index (χ1) is 8.56. The first-order valence-corrected chi connectivity index (χ1v) is 6.87. The van der Waals surface area contributed by atoms with Gasteiger partial charge in [0.05, 0.1) is 0 Å². The number of carbonyl (C=O) groups excluding carboxylic acids is 1. The van der Waals surface area contributed by atoms with Crippen LogP contribution in [-0.2, 0) is 4.79 Å². The number of carbonyl (C=O) groups is 1. The molecule has 1 fully saturated rings. The van der Waals surface area contributed by atoms with Gasteiger partial charge in [0.1, 0.15) is 5.75 Å². The molecule has 1 amide bonds. The summed E-state index contributed by atoms with van der Waals surface area (Å²) < 4.78 is 6.49. The molecule has 0 saturated carbocycles. The molecule has 4 nitrogen and oxygen atoms in total. The Labute approximate surface area is 115 Å². The van der Waals surface area contributed by atoms with Crippen molar-refractivity contribution in [3.05, 3.63) is 22.7 Å². The zero-order chi connectivity index (χ0) is 13.1. The van der Waals surface area contributed by atoms with Crippen molar-refractivity contribution in [1.29, 1.82) is 0 Å². The standard InChI is InChI=1S/C13H17BrN2O2/c1-9(13(17)16-4-2-3-5-16)18-12-7-10(14)6-11(15)8-12/h6-9H,2-5,15H2,1H3. The highest BCUT2D eigenvalue weighted by Gasteiger charge is 2.24. The van der Waals surface area contributed by atoms with Crippen LogP contribution < -0.4 is 10.5 Å². The maximum atomic E-state index is 12.1. The van der Waals surface area contributed by atoms with Crippen LogP contribution in [-0.4, -0.2) is 30.0 Å². The van der Waals surface area contributed by atoms with Crippen molar-refractivity contribution in [2.24, 2.45) is 0 Å². The lowest BCUT2D eigenvalue weighted by Crippen LogP contribution is -2.38. The normalized spacial score (nSPS) is 16.7. The van der Waals surface area contributed by atoms with Crippen molar-refractivity contribution in [1.82, 2.24) is 4.90 Å². The van der Waals surface area contributed by atoms with E-state index < -0.39 is 6.10 Å². The summed E-state index contributed by atoms with van der Waals surface area (Å²) in [6, 6.07) is 5.32. The van der Waals surface area contributed by atoms with Crippen LogP contribution in [0.25, 0.3) is 0 Å². The molecule has 5 heteroatoms. The highest BCUT2D eigenvalue weighted by molar-refractivity contribution is 9.10. The van der Waals surface area contributed by atoms with Gasteiger partial charge in [-0.05, 0) is 31.9 Å². The Kier molecular flexibility index (Phi) is 4.11. The number of nitrogens with two attached hydrogens (primary N) is 1. The summed E-state index contributed by atoms with van der Waals surface area (Å²) in [6.45, 7) is 3.46. The zero-order valence-electron chi connectivity index (χ0n) is 10.4. The van der Waals surface area contributed by atoms with Gasteiger partial charge in [0.15, 0.2) is 6.10 Å². The van der Waals surface area contributed by atoms with E-state index in [0.717, 1.165) is 30.4 Å². The predicted octanol–water partition coefficient (Wildman–Crippen LogP) is 2.42. The largest absolute Gasteiger partial charge is 0.481 e. The summed E-state index contributed by atoms with van der Waals surface area (Å²) >= 11 is 3.35.